The minimum atomic E-state index is -0.806. The number of rotatable bonds is 8. The van der Waals surface area contributed by atoms with Crippen LogP contribution in [0, 0.1) is 16.0 Å². The second-order valence-electron chi connectivity index (χ2n) is 7.31. The number of anilines is 2. The molecule has 2 aromatic rings. The summed E-state index contributed by atoms with van der Waals surface area (Å²) in [6.07, 6.45) is -0.132. The highest BCUT2D eigenvalue weighted by molar-refractivity contribution is 6.01. The normalized spacial score (nSPS) is 15.2. The third-order valence-corrected chi connectivity index (χ3v) is 5.04. The van der Waals surface area contributed by atoms with Crippen molar-refractivity contribution in [3.8, 4) is 5.75 Å². The standard InChI is InChI=1S/C22H21N3O8/c1-13(26)14-3-5-16(6-4-14)23-20(27)12-33-22(29)15-9-21(28)24(11-15)18-8-7-17(25(30)31)10-19(18)32-2/h3-8,10,15H,9,11-12H2,1-2H3,(H,23,27)/t15-/m1/s1. The van der Waals surface area contributed by atoms with Gasteiger partial charge in [0.25, 0.3) is 11.6 Å². The lowest BCUT2D eigenvalue weighted by Gasteiger charge is -2.19. The van der Waals surface area contributed by atoms with Crippen LogP contribution in [-0.4, -0.2) is 48.8 Å². The van der Waals surface area contributed by atoms with Gasteiger partial charge in [-0.3, -0.25) is 29.3 Å². The van der Waals surface area contributed by atoms with Crippen molar-refractivity contribution in [3.63, 3.8) is 0 Å². The number of hydrogen-bond donors (Lipinski definition) is 1. The molecule has 0 aliphatic carbocycles. The average Bonchev–Trinajstić information content (AvgIpc) is 3.18. The molecule has 0 spiro atoms. The number of esters is 1. The Labute approximate surface area is 188 Å². The summed E-state index contributed by atoms with van der Waals surface area (Å²) in [7, 11) is 1.32. The van der Waals surface area contributed by atoms with E-state index in [4.69, 9.17) is 9.47 Å². The van der Waals surface area contributed by atoms with Gasteiger partial charge >= 0.3 is 5.97 Å². The molecule has 1 heterocycles. The second-order valence-corrected chi connectivity index (χ2v) is 7.31. The summed E-state index contributed by atoms with van der Waals surface area (Å²) in [5.41, 5.74) is 1.04. The van der Waals surface area contributed by atoms with Gasteiger partial charge in [-0.15, -0.1) is 0 Å². The molecular weight excluding hydrogens is 434 g/mol. The molecule has 1 aliphatic heterocycles. The van der Waals surface area contributed by atoms with E-state index in [9.17, 15) is 29.3 Å². The summed E-state index contributed by atoms with van der Waals surface area (Å²) in [5, 5.41) is 13.5. The molecule has 1 fully saturated rings. The summed E-state index contributed by atoms with van der Waals surface area (Å²) >= 11 is 0. The summed E-state index contributed by atoms with van der Waals surface area (Å²) in [6, 6.07) is 10.1. The number of nitro groups is 1. The molecule has 1 atom stereocenters. The van der Waals surface area contributed by atoms with Crippen molar-refractivity contribution in [3.05, 3.63) is 58.1 Å². The van der Waals surface area contributed by atoms with Crippen molar-refractivity contribution in [2.75, 3.05) is 30.5 Å². The quantitative estimate of drug-likeness (QED) is 0.276. The predicted octanol–water partition coefficient (Wildman–Crippen LogP) is 2.34. The van der Waals surface area contributed by atoms with Gasteiger partial charge in [0.15, 0.2) is 12.4 Å². The Hall–Kier alpha value is -4.28. The van der Waals surface area contributed by atoms with E-state index in [-0.39, 0.29) is 36.1 Å². The zero-order valence-corrected chi connectivity index (χ0v) is 17.9. The van der Waals surface area contributed by atoms with Crippen molar-refractivity contribution in [2.45, 2.75) is 13.3 Å². The van der Waals surface area contributed by atoms with Crippen molar-refractivity contribution in [1.29, 1.82) is 0 Å². The SMILES string of the molecule is COc1cc([N+](=O)[O-])ccc1N1C[C@H](C(=O)OCC(=O)Nc2ccc(C(C)=O)cc2)CC1=O. The molecule has 2 amide bonds. The molecule has 0 saturated carbocycles. The Morgan fingerprint density at radius 3 is 2.48 bits per heavy atom. The number of hydrogen-bond acceptors (Lipinski definition) is 8. The highest BCUT2D eigenvalue weighted by Crippen LogP contribution is 2.35. The van der Waals surface area contributed by atoms with Crippen LogP contribution in [0.5, 0.6) is 5.75 Å². The molecule has 0 aromatic heterocycles. The maximum Gasteiger partial charge on any atom is 0.311 e. The summed E-state index contributed by atoms with van der Waals surface area (Å²) < 4.78 is 10.2. The van der Waals surface area contributed by atoms with Gasteiger partial charge < -0.3 is 19.7 Å². The van der Waals surface area contributed by atoms with Gasteiger partial charge in [-0.1, -0.05) is 0 Å². The molecule has 1 N–H and O–H groups in total. The van der Waals surface area contributed by atoms with Crippen LogP contribution < -0.4 is 15.0 Å². The van der Waals surface area contributed by atoms with Crippen molar-refractivity contribution in [1.82, 2.24) is 0 Å². The smallest absolute Gasteiger partial charge is 0.311 e. The van der Waals surface area contributed by atoms with Gasteiger partial charge in [0.05, 0.1) is 29.7 Å². The Morgan fingerprint density at radius 1 is 1.18 bits per heavy atom. The minimum Gasteiger partial charge on any atom is -0.494 e. The molecule has 3 rings (SSSR count). The number of amides is 2. The van der Waals surface area contributed by atoms with Gasteiger partial charge in [-0.25, -0.2) is 0 Å². The summed E-state index contributed by atoms with van der Waals surface area (Å²) in [6.45, 7) is 0.873. The molecule has 1 saturated heterocycles. The lowest BCUT2D eigenvalue weighted by Crippen LogP contribution is -2.28. The molecule has 11 heteroatoms. The third kappa shape index (κ3) is 5.50. The van der Waals surface area contributed by atoms with E-state index in [0.29, 0.717) is 16.9 Å². The van der Waals surface area contributed by atoms with E-state index in [1.54, 1.807) is 24.3 Å². The van der Waals surface area contributed by atoms with Crippen LogP contribution in [0.4, 0.5) is 17.1 Å². The van der Waals surface area contributed by atoms with Gasteiger partial charge in [-0.05, 0) is 37.3 Å². The molecule has 33 heavy (non-hydrogen) atoms. The number of carbonyl (C=O) groups is 4. The monoisotopic (exact) mass is 455 g/mol. The maximum atomic E-state index is 12.5. The first-order valence-corrected chi connectivity index (χ1v) is 9.90. The maximum absolute atomic E-state index is 12.5. The fourth-order valence-corrected chi connectivity index (χ4v) is 3.34. The summed E-state index contributed by atoms with van der Waals surface area (Å²) in [5.74, 6) is -2.44. The van der Waals surface area contributed by atoms with Gasteiger partial charge in [0.2, 0.25) is 5.91 Å². The van der Waals surface area contributed by atoms with Gasteiger partial charge in [0.1, 0.15) is 5.75 Å². The Bertz CT molecular complexity index is 1110. The third-order valence-electron chi connectivity index (χ3n) is 5.04. The molecule has 0 radical (unpaired) electrons. The van der Waals surface area contributed by atoms with E-state index in [0.717, 1.165) is 0 Å². The van der Waals surface area contributed by atoms with E-state index < -0.39 is 29.3 Å². The number of Topliss-reactive ketones (excluding diaryl/α,β-unsaturated/α-hetero) is 1. The van der Waals surface area contributed by atoms with Gasteiger partial charge in [0, 0.05) is 30.3 Å². The number of non-ortho nitro benzene ring substituents is 1. The molecule has 0 unspecified atom stereocenters. The van der Waals surface area contributed by atoms with Crippen LogP contribution in [0.2, 0.25) is 0 Å². The molecule has 1 aliphatic rings. The highest BCUT2D eigenvalue weighted by atomic mass is 16.6. The Balaban J connectivity index is 1.57. The number of benzene rings is 2. The first kappa shape index (κ1) is 23.4. The van der Waals surface area contributed by atoms with E-state index in [1.807, 2.05) is 0 Å². The molecule has 0 bridgehead atoms. The molecule has 11 nitrogen and oxygen atoms in total. The summed E-state index contributed by atoms with van der Waals surface area (Å²) in [4.78, 5) is 59.9. The van der Waals surface area contributed by atoms with Gasteiger partial charge in [-0.2, -0.15) is 0 Å². The first-order valence-electron chi connectivity index (χ1n) is 9.90. The Kier molecular flexibility index (Phi) is 7.01. The van der Waals surface area contributed by atoms with E-state index >= 15 is 0 Å². The number of nitrogens with zero attached hydrogens (tertiary/aromatic N) is 2. The Morgan fingerprint density at radius 2 is 1.88 bits per heavy atom. The predicted molar refractivity (Wildman–Crippen MR) is 116 cm³/mol. The van der Waals surface area contributed by atoms with Crippen LogP contribution in [0.15, 0.2) is 42.5 Å². The van der Waals surface area contributed by atoms with Crippen LogP contribution in [0.1, 0.15) is 23.7 Å². The molecular formula is C22H21N3O8. The fourth-order valence-electron chi connectivity index (χ4n) is 3.34. The number of ketones is 1. The number of nitrogens with one attached hydrogen (secondary N) is 1. The van der Waals surface area contributed by atoms with Crippen LogP contribution in [-0.2, 0) is 19.1 Å². The fraction of sp³-hybridized carbons (Fsp3) is 0.273. The van der Waals surface area contributed by atoms with Crippen molar-refractivity contribution in [2.24, 2.45) is 5.92 Å². The number of methoxy groups -OCH3 is 1. The van der Waals surface area contributed by atoms with Crippen LogP contribution in [0.25, 0.3) is 0 Å². The number of nitro benzene ring substituents is 1. The van der Waals surface area contributed by atoms with E-state index in [1.165, 1.54) is 37.1 Å². The van der Waals surface area contributed by atoms with Crippen molar-refractivity contribution < 1.29 is 33.6 Å². The van der Waals surface area contributed by atoms with Crippen LogP contribution >= 0.6 is 0 Å². The van der Waals surface area contributed by atoms with Crippen molar-refractivity contribution >= 4 is 40.6 Å². The zero-order valence-electron chi connectivity index (χ0n) is 17.9. The lowest BCUT2D eigenvalue weighted by atomic mass is 10.1. The van der Waals surface area contributed by atoms with Crippen LogP contribution in [0.3, 0.4) is 0 Å². The first-order chi connectivity index (χ1) is 15.7. The number of ether oxygens (including phenoxy) is 2. The zero-order chi connectivity index (χ0) is 24.1. The molecule has 172 valence electrons. The second kappa shape index (κ2) is 9.90. The average molecular weight is 455 g/mol. The largest absolute Gasteiger partial charge is 0.494 e. The number of carbonyl (C=O) groups excluding carboxylic acids is 4. The lowest BCUT2D eigenvalue weighted by molar-refractivity contribution is -0.384. The van der Waals surface area contributed by atoms with E-state index in [2.05, 4.69) is 5.32 Å². The topological polar surface area (TPSA) is 145 Å². The highest BCUT2D eigenvalue weighted by Gasteiger charge is 2.37. The molecule has 2 aromatic carbocycles. The minimum absolute atomic E-state index is 0.0139.